The molecule has 2 aromatic rings. The van der Waals surface area contributed by atoms with Crippen molar-refractivity contribution in [3.63, 3.8) is 0 Å². The van der Waals surface area contributed by atoms with Gasteiger partial charge in [-0.3, -0.25) is 0 Å². The lowest BCUT2D eigenvalue weighted by Gasteiger charge is -2.14. The van der Waals surface area contributed by atoms with Gasteiger partial charge in [0.1, 0.15) is 11.4 Å². The molecule has 2 aromatic heterocycles. The molecule has 2 rings (SSSR count). The second-order valence-electron chi connectivity index (χ2n) is 3.86. The molecule has 0 aromatic carbocycles. The number of hydrogen-bond acceptors (Lipinski definition) is 4. The van der Waals surface area contributed by atoms with Crippen LogP contribution in [0.15, 0.2) is 28.9 Å². The van der Waals surface area contributed by atoms with Crippen molar-refractivity contribution in [3.8, 4) is 0 Å². The summed E-state index contributed by atoms with van der Waals surface area (Å²) >= 11 is 10.5. The number of aromatic nitrogens is 1. The molecule has 1 atom stereocenters. The topological polar surface area (TPSA) is 62.2 Å². The van der Waals surface area contributed by atoms with Crippen LogP contribution in [0, 0.1) is 0 Å². The van der Waals surface area contributed by atoms with E-state index in [0.29, 0.717) is 14.6 Å². The summed E-state index contributed by atoms with van der Waals surface area (Å²) in [6, 6.07) is 5.17. The molecule has 100 valence electrons. The zero-order valence-electron chi connectivity index (χ0n) is 9.85. The number of aromatic carboxylic acids is 1. The van der Waals surface area contributed by atoms with Crippen molar-refractivity contribution in [2.24, 2.45) is 0 Å². The van der Waals surface area contributed by atoms with Gasteiger partial charge in [-0.1, -0.05) is 11.6 Å². The molecule has 0 aliphatic heterocycles. The number of carboxylic acids is 1. The predicted octanol–water partition coefficient (Wildman–Crippen LogP) is 4.43. The number of carbonyl (C=O) groups is 1. The Morgan fingerprint density at radius 2 is 2.32 bits per heavy atom. The van der Waals surface area contributed by atoms with Gasteiger partial charge in [0.15, 0.2) is 0 Å². The molecule has 0 amide bonds. The molecule has 0 fully saturated rings. The van der Waals surface area contributed by atoms with Crippen molar-refractivity contribution in [1.82, 2.24) is 4.98 Å². The van der Waals surface area contributed by atoms with Crippen LogP contribution < -0.4 is 5.32 Å². The average Bonchev–Trinajstić information content (AvgIpc) is 2.78. The number of halogens is 2. The lowest BCUT2D eigenvalue weighted by atomic mass is 10.2. The summed E-state index contributed by atoms with van der Waals surface area (Å²) in [5, 5.41) is 12.2. The standard InChI is InChI=1S/C12H10BrClN2O2S/c1-6(9-2-3-10(14)19-9)16-11-8(12(17)18)4-7(13)5-15-11/h2-6H,1H3,(H,15,16)(H,17,18). The first-order valence-corrected chi connectivity index (χ1v) is 7.36. The molecule has 2 heterocycles. The fraction of sp³-hybridized carbons (Fsp3) is 0.167. The molecule has 0 aliphatic carbocycles. The molecular weight excluding hydrogens is 352 g/mol. The minimum absolute atomic E-state index is 0.0655. The van der Waals surface area contributed by atoms with Crippen LogP contribution >= 0.6 is 38.9 Å². The van der Waals surface area contributed by atoms with E-state index in [1.165, 1.54) is 17.4 Å². The van der Waals surface area contributed by atoms with Gasteiger partial charge in [0.25, 0.3) is 0 Å². The summed E-state index contributed by atoms with van der Waals surface area (Å²) in [6.07, 6.45) is 1.56. The number of nitrogens with one attached hydrogen (secondary N) is 1. The van der Waals surface area contributed by atoms with Crippen LogP contribution in [0.5, 0.6) is 0 Å². The highest BCUT2D eigenvalue weighted by molar-refractivity contribution is 9.10. The molecule has 2 N–H and O–H groups in total. The van der Waals surface area contributed by atoms with Crippen LogP contribution in [-0.2, 0) is 0 Å². The Morgan fingerprint density at radius 1 is 1.58 bits per heavy atom. The highest BCUT2D eigenvalue weighted by Gasteiger charge is 2.15. The van der Waals surface area contributed by atoms with E-state index in [9.17, 15) is 4.79 Å². The highest BCUT2D eigenvalue weighted by Crippen LogP contribution is 2.29. The van der Waals surface area contributed by atoms with Crippen molar-refractivity contribution in [2.45, 2.75) is 13.0 Å². The van der Waals surface area contributed by atoms with Gasteiger partial charge in [-0.05, 0) is 41.1 Å². The second-order valence-corrected chi connectivity index (χ2v) is 6.53. The molecule has 4 nitrogen and oxygen atoms in total. The van der Waals surface area contributed by atoms with Crippen molar-refractivity contribution >= 4 is 50.7 Å². The Labute approximate surface area is 127 Å². The van der Waals surface area contributed by atoms with Crippen molar-refractivity contribution < 1.29 is 9.90 Å². The van der Waals surface area contributed by atoms with E-state index in [0.717, 1.165) is 4.88 Å². The van der Waals surface area contributed by atoms with Gasteiger partial charge in [0.05, 0.1) is 10.4 Å². The van der Waals surface area contributed by atoms with Gasteiger partial charge in [-0.15, -0.1) is 11.3 Å². The monoisotopic (exact) mass is 360 g/mol. The molecule has 1 unspecified atom stereocenters. The van der Waals surface area contributed by atoms with Gasteiger partial charge in [0, 0.05) is 15.5 Å². The first kappa shape index (κ1) is 14.3. The van der Waals surface area contributed by atoms with E-state index in [2.05, 4.69) is 26.2 Å². The quantitative estimate of drug-likeness (QED) is 0.845. The number of rotatable bonds is 4. The first-order chi connectivity index (χ1) is 8.97. The Morgan fingerprint density at radius 3 is 2.89 bits per heavy atom. The lowest BCUT2D eigenvalue weighted by Crippen LogP contribution is -2.11. The lowest BCUT2D eigenvalue weighted by molar-refractivity contribution is 0.0697. The molecular formula is C12H10BrClN2O2S. The van der Waals surface area contributed by atoms with Crippen molar-refractivity contribution in [2.75, 3.05) is 5.32 Å². The molecule has 0 radical (unpaired) electrons. The Bertz CT molecular complexity index is 618. The third-order valence-corrected chi connectivity index (χ3v) is 4.31. The fourth-order valence-corrected chi connectivity index (χ4v) is 2.95. The van der Waals surface area contributed by atoms with E-state index in [4.69, 9.17) is 16.7 Å². The van der Waals surface area contributed by atoms with Gasteiger partial charge >= 0.3 is 5.97 Å². The van der Waals surface area contributed by atoms with Crippen molar-refractivity contribution in [3.05, 3.63) is 43.6 Å². The fourth-order valence-electron chi connectivity index (χ4n) is 1.55. The molecule has 7 heteroatoms. The molecule has 0 bridgehead atoms. The Balaban J connectivity index is 2.26. The minimum Gasteiger partial charge on any atom is -0.478 e. The van der Waals surface area contributed by atoms with Crippen LogP contribution in [-0.4, -0.2) is 16.1 Å². The maximum absolute atomic E-state index is 11.2. The summed E-state index contributed by atoms with van der Waals surface area (Å²) in [5.41, 5.74) is 0.129. The van der Waals surface area contributed by atoms with E-state index in [1.807, 2.05) is 19.1 Å². The number of nitrogens with zero attached hydrogens (tertiary/aromatic N) is 1. The summed E-state index contributed by atoms with van der Waals surface area (Å²) in [6.45, 7) is 1.93. The van der Waals surface area contributed by atoms with Gasteiger partial charge in [-0.2, -0.15) is 0 Å². The summed E-state index contributed by atoms with van der Waals surface area (Å²) in [4.78, 5) is 16.3. The number of thiophene rings is 1. The SMILES string of the molecule is CC(Nc1ncc(Br)cc1C(=O)O)c1ccc(Cl)s1. The average molecular weight is 362 g/mol. The molecule has 0 spiro atoms. The van der Waals surface area contributed by atoms with Gasteiger partial charge in [-0.25, -0.2) is 9.78 Å². The van der Waals surface area contributed by atoms with Crippen LogP contribution in [0.2, 0.25) is 4.34 Å². The van der Waals surface area contributed by atoms with Gasteiger partial charge < -0.3 is 10.4 Å². The number of pyridine rings is 1. The van der Waals surface area contributed by atoms with Crippen LogP contribution in [0.25, 0.3) is 0 Å². The Hall–Kier alpha value is -1.11. The summed E-state index contributed by atoms with van der Waals surface area (Å²) < 4.78 is 1.33. The van der Waals surface area contributed by atoms with E-state index in [1.54, 1.807) is 6.20 Å². The zero-order valence-corrected chi connectivity index (χ0v) is 13.0. The number of hydrogen-bond donors (Lipinski definition) is 2. The number of anilines is 1. The van der Waals surface area contributed by atoms with Crippen molar-refractivity contribution in [1.29, 1.82) is 0 Å². The summed E-state index contributed by atoms with van der Waals surface area (Å²) in [7, 11) is 0. The van der Waals surface area contributed by atoms with E-state index < -0.39 is 5.97 Å². The highest BCUT2D eigenvalue weighted by atomic mass is 79.9. The summed E-state index contributed by atoms with van der Waals surface area (Å²) in [5.74, 6) is -0.680. The van der Waals surface area contributed by atoms with E-state index >= 15 is 0 Å². The van der Waals surface area contributed by atoms with Crippen LogP contribution in [0.1, 0.15) is 28.2 Å². The predicted molar refractivity (Wildman–Crippen MR) is 80.3 cm³/mol. The minimum atomic E-state index is -1.02. The van der Waals surface area contributed by atoms with Gasteiger partial charge in [0.2, 0.25) is 0 Å². The smallest absolute Gasteiger partial charge is 0.339 e. The number of carboxylic acid groups (broad SMARTS) is 1. The van der Waals surface area contributed by atoms with E-state index in [-0.39, 0.29) is 11.6 Å². The molecule has 19 heavy (non-hydrogen) atoms. The Kier molecular flexibility index (Phi) is 4.44. The third-order valence-electron chi connectivity index (χ3n) is 2.46. The first-order valence-electron chi connectivity index (χ1n) is 5.38. The second kappa shape index (κ2) is 5.90. The molecule has 0 saturated carbocycles. The zero-order chi connectivity index (χ0) is 14.0. The molecule has 0 aliphatic rings. The van der Waals surface area contributed by atoms with Crippen LogP contribution in [0.4, 0.5) is 5.82 Å². The third kappa shape index (κ3) is 3.46. The maximum Gasteiger partial charge on any atom is 0.339 e. The van der Waals surface area contributed by atoms with Crippen LogP contribution in [0.3, 0.4) is 0 Å². The maximum atomic E-state index is 11.2. The normalized spacial score (nSPS) is 12.2. The largest absolute Gasteiger partial charge is 0.478 e. The molecule has 0 saturated heterocycles.